The van der Waals surface area contributed by atoms with Gasteiger partial charge in [0.05, 0.1) is 23.7 Å². The lowest BCUT2D eigenvalue weighted by Gasteiger charge is -2.30. The van der Waals surface area contributed by atoms with Crippen molar-refractivity contribution in [1.29, 1.82) is 0 Å². The van der Waals surface area contributed by atoms with Crippen LogP contribution in [0.5, 0.6) is 0 Å². The molecule has 0 spiro atoms. The van der Waals surface area contributed by atoms with Crippen molar-refractivity contribution in [2.24, 2.45) is 0 Å². The van der Waals surface area contributed by atoms with E-state index in [1.807, 2.05) is 84.9 Å². The van der Waals surface area contributed by atoms with Crippen LogP contribution in [0.15, 0.2) is 84.9 Å². The number of carbonyl (C=O) groups is 2. The molecule has 186 valence electrons. The van der Waals surface area contributed by atoms with Crippen LogP contribution in [0.4, 0.5) is 11.4 Å². The van der Waals surface area contributed by atoms with Crippen molar-refractivity contribution in [3.63, 3.8) is 0 Å². The van der Waals surface area contributed by atoms with Crippen LogP contribution in [0.25, 0.3) is 0 Å². The molecule has 3 aromatic rings. The Morgan fingerprint density at radius 2 is 1.42 bits per heavy atom. The van der Waals surface area contributed by atoms with E-state index in [1.54, 1.807) is 11.8 Å². The molecule has 1 amide bonds. The molecule has 1 aliphatic carbocycles. The topological polar surface area (TPSA) is 81.7 Å². The van der Waals surface area contributed by atoms with Gasteiger partial charge in [0.1, 0.15) is 0 Å². The summed E-state index contributed by atoms with van der Waals surface area (Å²) in [5.41, 5.74) is 3.83. The van der Waals surface area contributed by atoms with Crippen molar-refractivity contribution < 1.29 is 14.7 Å². The van der Waals surface area contributed by atoms with Gasteiger partial charge in [-0.05, 0) is 48.3 Å². The van der Waals surface area contributed by atoms with Gasteiger partial charge in [-0.3, -0.25) is 9.59 Å². The molecule has 0 atom stereocenters. The largest absolute Gasteiger partial charge is 0.481 e. The number of carboxylic acid groups (broad SMARTS) is 1. The summed E-state index contributed by atoms with van der Waals surface area (Å²) in [5, 5.41) is 16.3. The molecule has 1 heterocycles. The first-order valence-electron chi connectivity index (χ1n) is 12.5. The number of benzene rings is 3. The Hall–Kier alpha value is -3.45. The minimum absolute atomic E-state index is 0.0539. The Bertz CT molecular complexity index is 1140. The third-order valence-electron chi connectivity index (χ3n) is 6.68. The second-order valence-corrected chi connectivity index (χ2v) is 10.8. The van der Waals surface area contributed by atoms with E-state index in [0.717, 1.165) is 47.5 Å². The molecule has 0 saturated heterocycles. The molecule has 36 heavy (non-hydrogen) atoms. The van der Waals surface area contributed by atoms with Crippen molar-refractivity contribution in [2.45, 2.75) is 42.6 Å². The number of rotatable bonds is 11. The van der Waals surface area contributed by atoms with Gasteiger partial charge in [-0.2, -0.15) is 0 Å². The highest BCUT2D eigenvalue weighted by Gasteiger charge is 2.40. The first-order valence-corrected chi connectivity index (χ1v) is 13.4. The second kappa shape index (κ2) is 10.7. The molecule has 7 heteroatoms. The highest BCUT2D eigenvalue weighted by atomic mass is 32.2. The Morgan fingerprint density at radius 3 is 1.92 bits per heavy atom. The molecule has 0 unspecified atom stereocenters. The first-order chi connectivity index (χ1) is 17.5. The van der Waals surface area contributed by atoms with Crippen molar-refractivity contribution in [1.82, 2.24) is 4.90 Å². The Kier molecular flexibility index (Phi) is 7.18. The maximum absolute atomic E-state index is 14.0. The monoisotopic (exact) mass is 501 g/mol. The Balaban J connectivity index is 1.27. The number of thioether (sulfide) groups is 1. The number of carboxylic acids is 1. The highest BCUT2D eigenvalue weighted by Crippen LogP contribution is 2.42. The lowest BCUT2D eigenvalue weighted by molar-refractivity contribution is -0.137. The number of nitrogens with zero attached hydrogens (tertiary/aromatic N) is 1. The summed E-state index contributed by atoms with van der Waals surface area (Å²) < 4.78 is 0. The number of hydrogen-bond acceptors (Lipinski definition) is 5. The van der Waals surface area contributed by atoms with Crippen LogP contribution in [-0.4, -0.2) is 45.2 Å². The summed E-state index contributed by atoms with van der Waals surface area (Å²) in [6.45, 7) is 0.656. The van der Waals surface area contributed by atoms with E-state index in [9.17, 15) is 14.7 Å². The van der Waals surface area contributed by atoms with E-state index in [0.29, 0.717) is 6.54 Å². The molecule has 1 fully saturated rings. The van der Waals surface area contributed by atoms with Crippen molar-refractivity contribution in [2.75, 3.05) is 22.9 Å². The summed E-state index contributed by atoms with van der Waals surface area (Å²) in [6.07, 6.45) is 2.80. The number of aliphatic carboxylic acids is 1. The predicted octanol–water partition coefficient (Wildman–Crippen LogP) is 5.60. The van der Waals surface area contributed by atoms with Gasteiger partial charge in [-0.15, -0.1) is 11.8 Å². The summed E-state index contributed by atoms with van der Waals surface area (Å²) >= 11 is 1.56. The number of nitrogens with one attached hydrogen (secondary N) is 2. The molecule has 2 aliphatic rings. The smallest absolute Gasteiger partial charge is 0.308 e. The maximum Gasteiger partial charge on any atom is 0.308 e. The summed E-state index contributed by atoms with van der Waals surface area (Å²) in [4.78, 5) is 26.9. The summed E-state index contributed by atoms with van der Waals surface area (Å²) in [7, 11) is 0. The molecule has 5 rings (SSSR count). The number of amides is 1. The van der Waals surface area contributed by atoms with Crippen LogP contribution in [0.1, 0.15) is 42.7 Å². The second-order valence-electron chi connectivity index (χ2n) is 9.41. The van der Waals surface area contributed by atoms with Crippen molar-refractivity contribution in [3.8, 4) is 0 Å². The van der Waals surface area contributed by atoms with Gasteiger partial charge in [0.15, 0.2) is 4.99 Å². The van der Waals surface area contributed by atoms with Crippen LogP contribution >= 0.6 is 11.8 Å². The third kappa shape index (κ3) is 5.51. The van der Waals surface area contributed by atoms with Crippen molar-refractivity contribution in [3.05, 3.63) is 96.1 Å². The molecule has 1 aliphatic heterocycles. The molecule has 3 aromatic carbocycles. The fourth-order valence-corrected chi connectivity index (χ4v) is 6.08. The third-order valence-corrected chi connectivity index (χ3v) is 8.01. The molecule has 0 bridgehead atoms. The lowest BCUT2D eigenvalue weighted by atomic mass is 9.90. The van der Waals surface area contributed by atoms with Crippen molar-refractivity contribution >= 4 is 35.0 Å². The first kappa shape index (κ1) is 24.3. The van der Waals surface area contributed by atoms with Gasteiger partial charge >= 0.3 is 5.97 Å². The zero-order chi connectivity index (χ0) is 25.0. The van der Waals surface area contributed by atoms with E-state index in [-0.39, 0.29) is 24.3 Å². The van der Waals surface area contributed by atoms with Crippen LogP contribution in [0, 0.1) is 0 Å². The fraction of sp³-hybridized carbons (Fsp3) is 0.310. The molecule has 6 nitrogen and oxygen atoms in total. The number of para-hydroxylation sites is 2. The van der Waals surface area contributed by atoms with Crippen LogP contribution in [0.2, 0.25) is 0 Å². The minimum atomic E-state index is -0.862. The van der Waals surface area contributed by atoms with Gasteiger partial charge in [-0.25, -0.2) is 0 Å². The van der Waals surface area contributed by atoms with Gasteiger partial charge < -0.3 is 20.6 Å². The molecule has 3 N–H and O–H groups in total. The van der Waals surface area contributed by atoms with E-state index in [4.69, 9.17) is 0 Å². The number of fused-ring (bicyclic) bond motifs is 1. The SMILES string of the molecule is O=C(O)CC1(SCCCN(C(=O)C(c2ccccc2)c2ccccc2)C2CC2)Nc2ccccc2N1. The number of hydrogen-bond donors (Lipinski definition) is 3. The predicted molar refractivity (Wildman–Crippen MR) is 145 cm³/mol. The molecule has 1 saturated carbocycles. The van der Waals surface area contributed by atoms with E-state index < -0.39 is 11.0 Å². The van der Waals surface area contributed by atoms with Gasteiger partial charge in [-0.1, -0.05) is 72.8 Å². The van der Waals surface area contributed by atoms with E-state index >= 15 is 0 Å². The van der Waals surface area contributed by atoms with Gasteiger partial charge in [0, 0.05) is 12.6 Å². The van der Waals surface area contributed by atoms with Crippen LogP contribution < -0.4 is 10.6 Å². The highest BCUT2D eigenvalue weighted by molar-refractivity contribution is 8.00. The molecule has 0 aromatic heterocycles. The summed E-state index contributed by atoms with van der Waals surface area (Å²) in [5.74, 6) is -0.325. The van der Waals surface area contributed by atoms with Gasteiger partial charge in [0.25, 0.3) is 0 Å². The quantitative estimate of drug-likeness (QED) is 0.297. The molecular weight excluding hydrogens is 470 g/mol. The molecular formula is C29H31N3O3S. The number of anilines is 2. The zero-order valence-electron chi connectivity index (χ0n) is 20.1. The summed E-state index contributed by atoms with van der Waals surface area (Å²) in [6, 6.07) is 28.1. The number of carbonyl (C=O) groups excluding carboxylic acids is 1. The van der Waals surface area contributed by atoms with E-state index in [1.165, 1.54) is 0 Å². The van der Waals surface area contributed by atoms with Crippen LogP contribution in [0.3, 0.4) is 0 Å². The Labute approximate surface area is 216 Å². The lowest BCUT2D eigenvalue weighted by Crippen LogP contribution is -2.41. The van der Waals surface area contributed by atoms with Gasteiger partial charge in [0.2, 0.25) is 5.91 Å². The standard InChI is InChI=1S/C29H31N3O3S/c33-26(34)20-29(30-24-14-7-8-15-25(24)31-29)36-19-9-18-32(23-16-17-23)28(35)27(21-10-3-1-4-11-21)22-12-5-2-6-13-22/h1-8,10-15,23,27,30-31H,9,16-20H2,(H,33,34). The minimum Gasteiger partial charge on any atom is -0.481 e. The zero-order valence-corrected chi connectivity index (χ0v) is 20.9. The molecule has 0 radical (unpaired) electrons. The normalized spacial score (nSPS) is 15.6. The van der Waals surface area contributed by atoms with Crippen LogP contribution in [-0.2, 0) is 9.59 Å². The average molecular weight is 502 g/mol. The van der Waals surface area contributed by atoms with E-state index in [2.05, 4.69) is 15.5 Å². The Morgan fingerprint density at radius 1 is 0.889 bits per heavy atom. The maximum atomic E-state index is 14.0. The fourth-order valence-electron chi connectivity index (χ4n) is 4.87. The average Bonchev–Trinajstić information content (AvgIpc) is 3.65.